The Morgan fingerprint density at radius 3 is 1.65 bits per heavy atom. The van der Waals surface area contributed by atoms with Gasteiger partial charge in [0, 0.05) is 6.42 Å². The van der Waals surface area contributed by atoms with Crippen molar-refractivity contribution in [2.75, 3.05) is 6.61 Å². The number of ether oxygens (including phenoxy) is 1. The summed E-state index contributed by atoms with van der Waals surface area (Å²) in [6.45, 7) is 0.834. The zero-order chi connectivity index (χ0) is 16.4. The summed E-state index contributed by atoms with van der Waals surface area (Å²) in [5, 5.41) is 0. The second-order valence-corrected chi connectivity index (χ2v) is 5.29. The standard InChI is InChI=1S/C10H14F8OS/c1-6(3-4-7(2,11)12)5-19-8(20,9(13,14)15)10(16,17)18/h6,20H,3-5H2,1-2H3. The molecule has 0 aliphatic heterocycles. The van der Waals surface area contributed by atoms with Crippen LogP contribution >= 0.6 is 12.6 Å². The van der Waals surface area contributed by atoms with E-state index in [1.807, 2.05) is 0 Å². The molecule has 0 N–H and O–H groups in total. The molecule has 0 amide bonds. The molecule has 20 heavy (non-hydrogen) atoms. The summed E-state index contributed by atoms with van der Waals surface area (Å²) in [6, 6.07) is 0. The monoisotopic (exact) mass is 334 g/mol. The fraction of sp³-hybridized carbons (Fsp3) is 1.00. The van der Waals surface area contributed by atoms with Crippen LogP contribution in [0.3, 0.4) is 0 Å². The molecular formula is C10H14F8OS. The topological polar surface area (TPSA) is 9.23 Å². The van der Waals surface area contributed by atoms with Crippen LogP contribution < -0.4 is 0 Å². The van der Waals surface area contributed by atoms with E-state index in [-0.39, 0.29) is 6.42 Å². The van der Waals surface area contributed by atoms with Crippen LogP contribution in [0.2, 0.25) is 0 Å². The first-order chi connectivity index (χ1) is 8.60. The lowest BCUT2D eigenvalue weighted by Crippen LogP contribution is -2.54. The molecular weight excluding hydrogens is 320 g/mol. The summed E-state index contributed by atoms with van der Waals surface area (Å²) in [5.41, 5.74) is 0. The SMILES string of the molecule is CC(CCC(C)(F)F)COC(S)(C(F)(F)F)C(F)(F)F. The minimum atomic E-state index is -5.78. The van der Waals surface area contributed by atoms with Gasteiger partial charge in [-0.15, -0.1) is 12.6 Å². The van der Waals surface area contributed by atoms with Gasteiger partial charge in [-0.3, -0.25) is 0 Å². The quantitative estimate of drug-likeness (QED) is 0.416. The smallest absolute Gasteiger partial charge is 0.348 e. The Balaban J connectivity index is 4.66. The normalized spacial score (nSPS) is 16.4. The summed E-state index contributed by atoms with van der Waals surface area (Å²) < 4.78 is 103. The predicted molar refractivity (Wildman–Crippen MR) is 58.8 cm³/mol. The summed E-state index contributed by atoms with van der Waals surface area (Å²) in [7, 11) is 0. The van der Waals surface area contributed by atoms with Gasteiger partial charge < -0.3 is 4.74 Å². The largest absolute Gasteiger partial charge is 0.436 e. The Bertz CT molecular complexity index is 292. The number of halogens is 8. The van der Waals surface area contributed by atoms with E-state index < -0.39 is 42.2 Å². The van der Waals surface area contributed by atoms with Gasteiger partial charge >= 0.3 is 17.3 Å². The Morgan fingerprint density at radius 1 is 0.950 bits per heavy atom. The molecule has 1 atom stereocenters. The summed E-state index contributed by atoms with van der Waals surface area (Å²) >= 11 is 2.56. The zero-order valence-corrected chi connectivity index (χ0v) is 11.5. The number of thiol groups is 1. The highest BCUT2D eigenvalue weighted by Crippen LogP contribution is 2.48. The maximum absolute atomic E-state index is 12.5. The lowest BCUT2D eigenvalue weighted by Gasteiger charge is -2.33. The zero-order valence-electron chi connectivity index (χ0n) is 10.6. The van der Waals surface area contributed by atoms with E-state index in [0.717, 1.165) is 0 Å². The van der Waals surface area contributed by atoms with Crippen molar-refractivity contribution in [3.63, 3.8) is 0 Å². The van der Waals surface area contributed by atoms with Crippen molar-refractivity contribution in [3.8, 4) is 0 Å². The molecule has 0 aromatic carbocycles. The summed E-state index contributed by atoms with van der Waals surface area (Å²) in [4.78, 5) is -4.61. The second-order valence-electron chi connectivity index (χ2n) is 4.66. The lowest BCUT2D eigenvalue weighted by atomic mass is 10.0. The maximum atomic E-state index is 12.5. The van der Waals surface area contributed by atoms with Gasteiger partial charge in [0.05, 0.1) is 6.61 Å². The van der Waals surface area contributed by atoms with Crippen molar-refractivity contribution in [1.82, 2.24) is 0 Å². The molecule has 0 aromatic heterocycles. The van der Waals surface area contributed by atoms with Crippen LogP contribution in [0.1, 0.15) is 26.7 Å². The first-order valence-electron chi connectivity index (χ1n) is 5.48. The molecule has 0 saturated carbocycles. The van der Waals surface area contributed by atoms with Gasteiger partial charge in [0.1, 0.15) is 0 Å². The highest BCUT2D eigenvalue weighted by Gasteiger charge is 2.70. The van der Waals surface area contributed by atoms with E-state index in [2.05, 4.69) is 17.4 Å². The average molecular weight is 334 g/mol. The van der Waals surface area contributed by atoms with E-state index in [1.165, 1.54) is 6.92 Å². The van der Waals surface area contributed by atoms with E-state index in [1.54, 1.807) is 0 Å². The van der Waals surface area contributed by atoms with Crippen molar-refractivity contribution >= 4 is 12.6 Å². The number of rotatable bonds is 6. The van der Waals surface area contributed by atoms with Gasteiger partial charge in [-0.1, -0.05) is 6.92 Å². The van der Waals surface area contributed by atoms with Crippen LogP contribution in [0.25, 0.3) is 0 Å². The molecule has 1 unspecified atom stereocenters. The fourth-order valence-electron chi connectivity index (χ4n) is 1.17. The van der Waals surface area contributed by atoms with Gasteiger partial charge in [-0.05, 0) is 19.3 Å². The molecule has 0 fully saturated rings. The predicted octanol–water partition coefficient (Wildman–Crippen LogP) is 4.83. The Hall–Kier alpha value is -0.250. The van der Waals surface area contributed by atoms with Crippen molar-refractivity contribution < 1.29 is 39.9 Å². The Morgan fingerprint density at radius 2 is 1.35 bits per heavy atom. The highest BCUT2D eigenvalue weighted by atomic mass is 32.1. The molecule has 0 aliphatic carbocycles. The van der Waals surface area contributed by atoms with Crippen LogP contribution in [-0.2, 0) is 4.74 Å². The van der Waals surface area contributed by atoms with Gasteiger partial charge in [-0.2, -0.15) is 26.3 Å². The van der Waals surface area contributed by atoms with Crippen LogP contribution in [0, 0.1) is 5.92 Å². The van der Waals surface area contributed by atoms with E-state index in [0.29, 0.717) is 6.92 Å². The first-order valence-corrected chi connectivity index (χ1v) is 5.92. The molecule has 0 aliphatic rings. The number of hydrogen-bond donors (Lipinski definition) is 1. The first kappa shape index (κ1) is 19.8. The van der Waals surface area contributed by atoms with Gasteiger partial charge in [-0.25, -0.2) is 8.78 Å². The average Bonchev–Trinajstić information content (AvgIpc) is 2.18. The molecule has 0 radical (unpaired) electrons. The highest BCUT2D eigenvalue weighted by molar-refractivity contribution is 7.81. The van der Waals surface area contributed by atoms with Crippen molar-refractivity contribution in [3.05, 3.63) is 0 Å². The minimum absolute atomic E-state index is 0.275. The minimum Gasteiger partial charge on any atom is -0.348 e. The Labute approximate surface area is 116 Å². The molecule has 10 heteroatoms. The molecule has 0 rings (SSSR count). The lowest BCUT2D eigenvalue weighted by molar-refractivity contribution is -0.341. The molecule has 0 heterocycles. The maximum Gasteiger partial charge on any atom is 0.436 e. The van der Waals surface area contributed by atoms with Gasteiger partial charge in [0.2, 0.25) is 5.92 Å². The third kappa shape index (κ3) is 5.63. The molecule has 0 saturated heterocycles. The molecule has 122 valence electrons. The number of alkyl halides is 8. The van der Waals surface area contributed by atoms with E-state index >= 15 is 0 Å². The Kier molecular flexibility index (Phi) is 6.17. The van der Waals surface area contributed by atoms with Gasteiger partial charge in [0.25, 0.3) is 0 Å². The summed E-state index contributed by atoms with van der Waals surface area (Å²) in [5.74, 6) is -3.95. The van der Waals surface area contributed by atoms with Crippen molar-refractivity contribution in [2.24, 2.45) is 5.92 Å². The van der Waals surface area contributed by atoms with Crippen molar-refractivity contribution in [2.45, 2.75) is 49.9 Å². The van der Waals surface area contributed by atoms with Crippen molar-refractivity contribution in [1.29, 1.82) is 0 Å². The van der Waals surface area contributed by atoms with E-state index in [4.69, 9.17) is 0 Å². The van der Waals surface area contributed by atoms with E-state index in [9.17, 15) is 35.1 Å². The number of hydrogen-bond acceptors (Lipinski definition) is 2. The van der Waals surface area contributed by atoms with Gasteiger partial charge in [0.15, 0.2) is 0 Å². The second kappa shape index (κ2) is 6.25. The fourth-order valence-corrected chi connectivity index (χ4v) is 1.24. The third-order valence-corrected chi connectivity index (χ3v) is 3.06. The molecule has 1 nitrogen and oxygen atoms in total. The summed E-state index contributed by atoms with van der Waals surface area (Å²) in [6.07, 6.45) is -12.5. The molecule has 0 spiro atoms. The molecule has 0 aromatic rings. The van der Waals surface area contributed by atoms with Crippen LogP contribution in [0.4, 0.5) is 35.1 Å². The van der Waals surface area contributed by atoms with Crippen LogP contribution in [0.15, 0.2) is 0 Å². The van der Waals surface area contributed by atoms with Crippen LogP contribution in [0.5, 0.6) is 0 Å². The van der Waals surface area contributed by atoms with Crippen LogP contribution in [-0.4, -0.2) is 29.8 Å². The molecule has 0 bridgehead atoms. The third-order valence-electron chi connectivity index (χ3n) is 2.42.